The Hall–Kier alpha value is -1.54. The molecule has 0 atom stereocenters. The largest absolute Gasteiger partial charge is 0.319 e. The molecule has 0 amide bonds. The highest BCUT2D eigenvalue weighted by Crippen LogP contribution is 2.35. The summed E-state index contributed by atoms with van der Waals surface area (Å²) in [6.45, 7) is 0.967. The first-order valence-corrected chi connectivity index (χ1v) is 7.59. The van der Waals surface area contributed by atoms with Crippen molar-refractivity contribution in [3.63, 3.8) is 0 Å². The van der Waals surface area contributed by atoms with Crippen LogP contribution in [-0.2, 0) is 0 Å². The third-order valence-corrected chi connectivity index (χ3v) is 3.98. The molecule has 0 bridgehead atoms. The SMILES string of the molecule is CNCC/C=C1/c2ccccc2C=Cc2ccc(Cl)cc21.Cl. The second-order valence-electron chi connectivity index (χ2n) is 5.16. The maximum absolute atomic E-state index is 6.22. The zero-order chi connectivity index (χ0) is 14.7. The van der Waals surface area contributed by atoms with E-state index in [0.717, 1.165) is 18.0 Å². The molecule has 3 rings (SSSR count). The smallest absolute Gasteiger partial charge is 0.0412 e. The van der Waals surface area contributed by atoms with Crippen molar-refractivity contribution >= 4 is 41.7 Å². The number of fused-ring (bicyclic) bond motifs is 2. The van der Waals surface area contributed by atoms with Gasteiger partial charge in [-0.25, -0.2) is 0 Å². The molecule has 0 saturated carbocycles. The average Bonchev–Trinajstić information content (AvgIpc) is 2.65. The topological polar surface area (TPSA) is 12.0 Å². The quantitative estimate of drug-likeness (QED) is 0.643. The molecule has 1 aliphatic rings. The van der Waals surface area contributed by atoms with Crippen molar-refractivity contribution in [2.45, 2.75) is 6.42 Å². The van der Waals surface area contributed by atoms with Crippen LogP contribution >= 0.6 is 24.0 Å². The zero-order valence-corrected chi connectivity index (χ0v) is 14.0. The first-order valence-electron chi connectivity index (χ1n) is 7.22. The van der Waals surface area contributed by atoms with Gasteiger partial charge in [0.05, 0.1) is 0 Å². The Morgan fingerprint density at radius 2 is 1.73 bits per heavy atom. The van der Waals surface area contributed by atoms with E-state index in [1.165, 1.54) is 27.8 Å². The fourth-order valence-corrected chi connectivity index (χ4v) is 2.87. The van der Waals surface area contributed by atoms with Crippen molar-refractivity contribution in [2.75, 3.05) is 13.6 Å². The van der Waals surface area contributed by atoms with Crippen LogP contribution in [0.2, 0.25) is 5.02 Å². The number of halogens is 2. The Balaban J connectivity index is 0.00000176. The van der Waals surface area contributed by atoms with Crippen LogP contribution < -0.4 is 5.32 Å². The van der Waals surface area contributed by atoms with Gasteiger partial charge in [-0.2, -0.15) is 0 Å². The van der Waals surface area contributed by atoms with Gasteiger partial charge in [0.15, 0.2) is 0 Å². The van der Waals surface area contributed by atoms with Gasteiger partial charge < -0.3 is 5.32 Å². The Morgan fingerprint density at radius 1 is 1.00 bits per heavy atom. The summed E-state index contributed by atoms with van der Waals surface area (Å²) >= 11 is 6.22. The molecule has 0 aromatic heterocycles. The Labute approximate surface area is 143 Å². The van der Waals surface area contributed by atoms with Crippen LogP contribution in [0.3, 0.4) is 0 Å². The molecule has 1 N–H and O–H groups in total. The standard InChI is InChI=1S/C19H18ClN.ClH/c1-21-12-4-7-18-17-6-3-2-5-14(17)8-9-15-10-11-16(20)13-19(15)18;/h2-3,5-11,13,21H,4,12H2,1H3;1H/b18-7-;. The summed E-state index contributed by atoms with van der Waals surface area (Å²) < 4.78 is 0. The van der Waals surface area contributed by atoms with Gasteiger partial charge in [0.2, 0.25) is 0 Å². The highest BCUT2D eigenvalue weighted by Gasteiger charge is 2.14. The Morgan fingerprint density at radius 3 is 2.50 bits per heavy atom. The summed E-state index contributed by atoms with van der Waals surface area (Å²) in [6.07, 6.45) is 7.65. The third-order valence-electron chi connectivity index (χ3n) is 3.74. The molecule has 1 aliphatic carbocycles. The minimum atomic E-state index is 0. The van der Waals surface area contributed by atoms with E-state index in [2.05, 4.69) is 59.9 Å². The van der Waals surface area contributed by atoms with Crippen LogP contribution in [0.5, 0.6) is 0 Å². The number of hydrogen-bond donors (Lipinski definition) is 1. The van der Waals surface area contributed by atoms with Gasteiger partial charge in [-0.1, -0.05) is 60.2 Å². The minimum absolute atomic E-state index is 0. The van der Waals surface area contributed by atoms with E-state index in [-0.39, 0.29) is 12.4 Å². The minimum Gasteiger partial charge on any atom is -0.319 e. The maximum atomic E-state index is 6.22. The highest BCUT2D eigenvalue weighted by molar-refractivity contribution is 6.30. The molecule has 0 fully saturated rings. The number of hydrogen-bond acceptors (Lipinski definition) is 1. The third kappa shape index (κ3) is 3.44. The van der Waals surface area contributed by atoms with E-state index in [0.29, 0.717) is 0 Å². The first kappa shape index (κ1) is 16.8. The lowest BCUT2D eigenvalue weighted by atomic mass is 9.93. The van der Waals surface area contributed by atoms with E-state index in [9.17, 15) is 0 Å². The Kier molecular flexibility index (Phi) is 5.84. The predicted molar refractivity (Wildman–Crippen MR) is 99.7 cm³/mol. The lowest BCUT2D eigenvalue weighted by molar-refractivity contribution is 0.808. The molecular formula is C19H19Cl2N. The fourth-order valence-electron chi connectivity index (χ4n) is 2.70. The second-order valence-corrected chi connectivity index (χ2v) is 5.60. The summed E-state index contributed by atoms with van der Waals surface area (Å²) in [4.78, 5) is 0. The Bertz CT molecular complexity index is 717. The number of benzene rings is 2. The summed E-state index contributed by atoms with van der Waals surface area (Å²) in [7, 11) is 1.98. The first-order chi connectivity index (χ1) is 10.3. The van der Waals surface area contributed by atoms with Crippen molar-refractivity contribution in [1.29, 1.82) is 0 Å². The van der Waals surface area contributed by atoms with Gasteiger partial charge in [0, 0.05) is 5.02 Å². The molecule has 0 spiro atoms. The molecule has 2 aromatic carbocycles. The van der Waals surface area contributed by atoms with Crippen molar-refractivity contribution in [2.24, 2.45) is 0 Å². The molecule has 0 aliphatic heterocycles. The number of nitrogens with one attached hydrogen (secondary N) is 1. The molecule has 114 valence electrons. The molecule has 0 radical (unpaired) electrons. The van der Waals surface area contributed by atoms with Gasteiger partial charge >= 0.3 is 0 Å². The van der Waals surface area contributed by atoms with Crippen molar-refractivity contribution < 1.29 is 0 Å². The van der Waals surface area contributed by atoms with Crippen LogP contribution in [0.4, 0.5) is 0 Å². The van der Waals surface area contributed by atoms with Crippen molar-refractivity contribution in [3.8, 4) is 0 Å². The van der Waals surface area contributed by atoms with Gasteiger partial charge in [0.25, 0.3) is 0 Å². The normalized spacial score (nSPS) is 14.0. The van der Waals surface area contributed by atoms with Crippen molar-refractivity contribution in [3.05, 3.63) is 75.8 Å². The van der Waals surface area contributed by atoms with Crippen LogP contribution in [0.1, 0.15) is 28.7 Å². The van der Waals surface area contributed by atoms with E-state index in [1.807, 2.05) is 13.1 Å². The highest BCUT2D eigenvalue weighted by atomic mass is 35.5. The van der Waals surface area contributed by atoms with Crippen LogP contribution in [-0.4, -0.2) is 13.6 Å². The van der Waals surface area contributed by atoms with Crippen LogP contribution in [0.25, 0.3) is 17.7 Å². The zero-order valence-electron chi connectivity index (χ0n) is 12.5. The fraction of sp³-hybridized carbons (Fsp3) is 0.158. The van der Waals surface area contributed by atoms with E-state index >= 15 is 0 Å². The summed E-state index contributed by atoms with van der Waals surface area (Å²) in [5, 5.41) is 3.97. The van der Waals surface area contributed by atoms with E-state index in [4.69, 9.17) is 11.6 Å². The lowest BCUT2D eigenvalue weighted by Crippen LogP contribution is -2.06. The average molecular weight is 332 g/mol. The lowest BCUT2D eigenvalue weighted by Gasteiger charge is -2.12. The molecule has 0 unspecified atom stereocenters. The van der Waals surface area contributed by atoms with E-state index in [1.54, 1.807) is 0 Å². The number of rotatable bonds is 3. The van der Waals surface area contributed by atoms with Gasteiger partial charge in [-0.15, -0.1) is 12.4 Å². The predicted octanol–water partition coefficient (Wildman–Crippen LogP) is 5.29. The summed E-state index contributed by atoms with van der Waals surface area (Å²) in [5.41, 5.74) is 6.21. The molecule has 0 saturated heterocycles. The molecular weight excluding hydrogens is 313 g/mol. The molecule has 1 nitrogen and oxygen atoms in total. The van der Waals surface area contributed by atoms with E-state index < -0.39 is 0 Å². The molecule has 2 aromatic rings. The monoisotopic (exact) mass is 331 g/mol. The van der Waals surface area contributed by atoms with Crippen LogP contribution in [0.15, 0.2) is 48.5 Å². The van der Waals surface area contributed by atoms with Gasteiger partial charge in [-0.3, -0.25) is 0 Å². The second kappa shape index (κ2) is 7.64. The molecule has 22 heavy (non-hydrogen) atoms. The molecule has 3 heteroatoms. The molecule has 0 heterocycles. The van der Waals surface area contributed by atoms with Gasteiger partial charge in [-0.05, 0) is 60.0 Å². The van der Waals surface area contributed by atoms with Gasteiger partial charge in [0.1, 0.15) is 0 Å². The van der Waals surface area contributed by atoms with Crippen molar-refractivity contribution in [1.82, 2.24) is 5.32 Å². The van der Waals surface area contributed by atoms with Crippen LogP contribution in [0, 0.1) is 0 Å². The summed E-state index contributed by atoms with van der Waals surface area (Å²) in [6, 6.07) is 14.6. The summed E-state index contributed by atoms with van der Waals surface area (Å²) in [5.74, 6) is 0. The maximum Gasteiger partial charge on any atom is 0.0412 e.